The first-order chi connectivity index (χ1) is 10.2. The zero-order valence-electron chi connectivity index (χ0n) is 12.0. The zero-order chi connectivity index (χ0) is 16.5. The molecule has 1 aliphatic heterocycles. The molecular formula is C13H17F2N3O3S. The predicted molar refractivity (Wildman–Crippen MR) is 75.3 cm³/mol. The third-order valence-electron chi connectivity index (χ3n) is 3.45. The summed E-state index contributed by atoms with van der Waals surface area (Å²) < 4.78 is 52.4. The van der Waals surface area contributed by atoms with Crippen LogP contribution in [-0.4, -0.2) is 55.8 Å². The second-order valence-electron chi connectivity index (χ2n) is 5.09. The Hall–Kier alpha value is -1.58. The van der Waals surface area contributed by atoms with E-state index in [1.165, 1.54) is 4.90 Å². The zero-order valence-corrected chi connectivity index (χ0v) is 12.8. The van der Waals surface area contributed by atoms with Crippen molar-refractivity contribution in [3.05, 3.63) is 29.8 Å². The number of carbonyl (C=O) groups excluding carboxylic acids is 1. The van der Waals surface area contributed by atoms with E-state index in [0.717, 1.165) is 16.4 Å². The van der Waals surface area contributed by atoms with Crippen LogP contribution in [0.1, 0.15) is 6.92 Å². The highest BCUT2D eigenvalue weighted by atomic mass is 32.2. The molecule has 0 saturated carbocycles. The second-order valence-corrected chi connectivity index (χ2v) is 7.00. The van der Waals surface area contributed by atoms with Crippen molar-refractivity contribution in [3.8, 4) is 0 Å². The van der Waals surface area contributed by atoms with Gasteiger partial charge in [-0.3, -0.25) is 4.79 Å². The molecule has 1 heterocycles. The van der Waals surface area contributed by atoms with Crippen molar-refractivity contribution in [1.29, 1.82) is 0 Å². The Bertz CT molecular complexity index is 671. The molecule has 1 atom stereocenters. The lowest BCUT2D eigenvalue weighted by molar-refractivity contribution is -0.133. The van der Waals surface area contributed by atoms with Gasteiger partial charge >= 0.3 is 0 Å². The fourth-order valence-corrected chi connectivity index (χ4v) is 3.73. The van der Waals surface area contributed by atoms with E-state index in [-0.39, 0.29) is 32.1 Å². The number of hydrogen-bond donors (Lipinski definition) is 1. The number of nitrogens with two attached hydrogens (primary N) is 1. The van der Waals surface area contributed by atoms with Gasteiger partial charge in [0.25, 0.3) is 0 Å². The molecule has 2 N–H and O–H groups in total. The standard InChI is InChI=1S/C13H17F2N3O3S/c1-9(16)13(19)17-4-6-18(7-5-17)22(20,21)12-3-2-10(14)8-11(12)15/h2-3,8-9H,4-7,16H2,1H3/t9-/m0/s1. The molecule has 2 rings (SSSR count). The van der Waals surface area contributed by atoms with Crippen LogP contribution in [0.4, 0.5) is 8.78 Å². The van der Waals surface area contributed by atoms with E-state index in [4.69, 9.17) is 5.73 Å². The number of nitrogens with zero attached hydrogens (tertiary/aromatic N) is 2. The molecule has 0 unspecified atom stereocenters. The van der Waals surface area contributed by atoms with Crippen LogP contribution in [-0.2, 0) is 14.8 Å². The van der Waals surface area contributed by atoms with Crippen molar-refractivity contribution in [2.24, 2.45) is 5.73 Å². The second kappa shape index (κ2) is 6.27. The molecule has 6 nitrogen and oxygen atoms in total. The van der Waals surface area contributed by atoms with Gasteiger partial charge in [-0.15, -0.1) is 0 Å². The Kier molecular flexibility index (Phi) is 4.78. The number of amides is 1. The summed E-state index contributed by atoms with van der Waals surface area (Å²) >= 11 is 0. The summed E-state index contributed by atoms with van der Waals surface area (Å²) in [6, 6.07) is 1.67. The van der Waals surface area contributed by atoms with Crippen LogP contribution in [0, 0.1) is 11.6 Å². The molecule has 1 aromatic carbocycles. The molecular weight excluding hydrogens is 316 g/mol. The molecule has 0 spiro atoms. The summed E-state index contributed by atoms with van der Waals surface area (Å²) in [5.74, 6) is -2.23. The maximum Gasteiger partial charge on any atom is 0.246 e. The van der Waals surface area contributed by atoms with E-state index in [0.29, 0.717) is 6.07 Å². The first-order valence-electron chi connectivity index (χ1n) is 6.73. The van der Waals surface area contributed by atoms with Gasteiger partial charge in [-0.1, -0.05) is 0 Å². The van der Waals surface area contributed by atoms with E-state index in [2.05, 4.69) is 0 Å². The highest BCUT2D eigenvalue weighted by molar-refractivity contribution is 7.89. The van der Waals surface area contributed by atoms with Crippen molar-refractivity contribution in [3.63, 3.8) is 0 Å². The summed E-state index contributed by atoms with van der Waals surface area (Å²) in [6.07, 6.45) is 0. The largest absolute Gasteiger partial charge is 0.339 e. The number of benzene rings is 1. The minimum absolute atomic E-state index is 0.0393. The topological polar surface area (TPSA) is 83.7 Å². The summed E-state index contributed by atoms with van der Waals surface area (Å²) in [5, 5.41) is 0. The highest BCUT2D eigenvalue weighted by Crippen LogP contribution is 2.21. The molecule has 22 heavy (non-hydrogen) atoms. The Morgan fingerprint density at radius 2 is 1.82 bits per heavy atom. The molecule has 0 aliphatic carbocycles. The Balaban J connectivity index is 2.14. The van der Waals surface area contributed by atoms with Crippen LogP contribution in [0.15, 0.2) is 23.1 Å². The first-order valence-corrected chi connectivity index (χ1v) is 8.17. The molecule has 1 aromatic rings. The molecule has 1 amide bonds. The van der Waals surface area contributed by atoms with E-state index in [1.807, 2.05) is 0 Å². The number of rotatable bonds is 3. The van der Waals surface area contributed by atoms with Crippen LogP contribution >= 0.6 is 0 Å². The number of carbonyl (C=O) groups is 1. The van der Waals surface area contributed by atoms with Gasteiger partial charge in [0, 0.05) is 32.2 Å². The average molecular weight is 333 g/mol. The van der Waals surface area contributed by atoms with Gasteiger partial charge in [-0.05, 0) is 19.1 Å². The third kappa shape index (κ3) is 3.26. The van der Waals surface area contributed by atoms with E-state index in [1.54, 1.807) is 6.92 Å². The van der Waals surface area contributed by atoms with Gasteiger partial charge in [-0.2, -0.15) is 4.31 Å². The van der Waals surface area contributed by atoms with Crippen molar-refractivity contribution in [1.82, 2.24) is 9.21 Å². The Morgan fingerprint density at radius 1 is 1.23 bits per heavy atom. The third-order valence-corrected chi connectivity index (χ3v) is 5.38. The highest BCUT2D eigenvalue weighted by Gasteiger charge is 2.32. The Morgan fingerprint density at radius 3 is 2.32 bits per heavy atom. The smallest absolute Gasteiger partial charge is 0.246 e. The Labute approximate surface area is 127 Å². The normalized spacial score (nSPS) is 18.3. The van der Waals surface area contributed by atoms with Gasteiger partial charge in [0.15, 0.2) is 0 Å². The van der Waals surface area contributed by atoms with Gasteiger partial charge in [0.1, 0.15) is 16.5 Å². The maximum absolute atomic E-state index is 13.7. The van der Waals surface area contributed by atoms with E-state index in [9.17, 15) is 22.0 Å². The fraction of sp³-hybridized carbons (Fsp3) is 0.462. The molecule has 122 valence electrons. The predicted octanol–water partition coefficient (Wildman–Crippen LogP) is 0.145. The average Bonchev–Trinajstić information content (AvgIpc) is 2.46. The molecule has 0 aromatic heterocycles. The fourth-order valence-electron chi connectivity index (χ4n) is 2.26. The molecule has 1 saturated heterocycles. The van der Waals surface area contributed by atoms with Gasteiger partial charge in [0.2, 0.25) is 15.9 Å². The van der Waals surface area contributed by atoms with Crippen LogP contribution < -0.4 is 5.73 Å². The van der Waals surface area contributed by atoms with Crippen molar-refractivity contribution in [2.75, 3.05) is 26.2 Å². The van der Waals surface area contributed by atoms with Crippen molar-refractivity contribution >= 4 is 15.9 Å². The van der Waals surface area contributed by atoms with Crippen LogP contribution in [0.3, 0.4) is 0 Å². The molecule has 1 aliphatic rings. The lowest BCUT2D eigenvalue weighted by Gasteiger charge is -2.34. The lowest BCUT2D eigenvalue weighted by atomic mass is 10.2. The van der Waals surface area contributed by atoms with Crippen molar-refractivity contribution < 1.29 is 22.0 Å². The van der Waals surface area contributed by atoms with Gasteiger partial charge in [0.05, 0.1) is 6.04 Å². The monoisotopic (exact) mass is 333 g/mol. The number of hydrogen-bond acceptors (Lipinski definition) is 4. The molecule has 0 radical (unpaired) electrons. The minimum Gasteiger partial charge on any atom is -0.339 e. The minimum atomic E-state index is -4.06. The number of halogens is 2. The van der Waals surface area contributed by atoms with Crippen LogP contribution in [0.2, 0.25) is 0 Å². The summed E-state index contributed by atoms with van der Waals surface area (Å²) in [4.78, 5) is 12.6. The van der Waals surface area contributed by atoms with Gasteiger partial charge in [-0.25, -0.2) is 17.2 Å². The van der Waals surface area contributed by atoms with Crippen LogP contribution in [0.25, 0.3) is 0 Å². The number of piperazine rings is 1. The van der Waals surface area contributed by atoms with Gasteiger partial charge < -0.3 is 10.6 Å². The molecule has 0 bridgehead atoms. The summed E-state index contributed by atoms with van der Waals surface area (Å²) in [5.41, 5.74) is 5.50. The van der Waals surface area contributed by atoms with Crippen LogP contribution in [0.5, 0.6) is 0 Å². The van der Waals surface area contributed by atoms with E-state index < -0.39 is 32.6 Å². The summed E-state index contributed by atoms with van der Waals surface area (Å²) in [7, 11) is -4.06. The quantitative estimate of drug-likeness (QED) is 0.853. The summed E-state index contributed by atoms with van der Waals surface area (Å²) in [6.45, 7) is 2.00. The van der Waals surface area contributed by atoms with Crippen molar-refractivity contribution in [2.45, 2.75) is 17.9 Å². The SMILES string of the molecule is C[C@H](N)C(=O)N1CCN(S(=O)(=O)c2ccc(F)cc2F)CC1. The molecule has 1 fully saturated rings. The molecule has 9 heteroatoms. The van der Waals surface area contributed by atoms with E-state index >= 15 is 0 Å². The lowest BCUT2D eigenvalue weighted by Crippen LogP contribution is -2.53. The maximum atomic E-state index is 13.7. The number of sulfonamides is 1. The first kappa shape index (κ1) is 16.8.